The van der Waals surface area contributed by atoms with Crippen molar-refractivity contribution in [3.8, 4) is 11.6 Å². The van der Waals surface area contributed by atoms with Crippen molar-refractivity contribution in [1.29, 1.82) is 0 Å². The fraction of sp³-hybridized carbons (Fsp3) is 0.577. The number of hydrogen-bond acceptors (Lipinski definition) is 8. The summed E-state index contributed by atoms with van der Waals surface area (Å²) in [5.41, 5.74) is 1.34. The Hall–Kier alpha value is -3.45. The Bertz CT molecular complexity index is 1370. The van der Waals surface area contributed by atoms with Gasteiger partial charge in [0, 0.05) is 37.8 Å². The third-order valence-corrected chi connectivity index (χ3v) is 6.98. The van der Waals surface area contributed by atoms with Crippen LogP contribution in [0.25, 0.3) is 11.6 Å². The highest BCUT2D eigenvalue weighted by Gasteiger charge is 2.41. The van der Waals surface area contributed by atoms with Gasteiger partial charge in [0.2, 0.25) is 5.82 Å². The molecule has 2 aliphatic rings. The number of fused-ring (bicyclic) bond motifs is 1. The number of hydrogen-bond donors (Lipinski definition) is 1. The number of halogens is 2. The molecule has 1 N–H and O–H groups in total. The van der Waals surface area contributed by atoms with E-state index in [2.05, 4.69) is 44.2 Å². The molecule has 0 bridgehead atoms. The zero-order valence-electron chi connectivity index (χ0n) is 23.0. The molecule has 3 aromatic rings. The van der Waals surface area contributed by atoms with Gasteiger partial charge in [-0.2, -0.15) is 0 Å². The van der Waals surface area contributed by atoms with Gasteiger partial charge in [-0.1, -0.05) is 0 Å². The van der Waals surface area contributed by atoms with Gasteiger partial charge >= 0.3 is 6.09 Å². The average Bonchev–Trinajstić information content (AvgIpc) is 3.53. The Morgan fingerprint density at radius 1 is 1.21 bits per heavy atom. The van der Waals surface area contributed by atoms with Crippen molar-refractivity contribution in [3.05, 3.63) is 46.8 Å². The molecule has 13 heteroatoms. The van der Waals surface area contributed by atoms with E-state index < -0.39 is 35.5 Å². The quantitative estimate of drug-likeness (QED) is 0.518. The number of nitrogens with zero attached hydrogens (tertiary/aromatic N) is 7. The number of aryl methyl sites for hydroxylation is 1. The van der Waals surface area contributed by atoms with Crippen LogP contribution in [0, 0.1) is 11.6 Å². The smallest absolute Gasteiger partial charge is 0.407 e. The van der Waals surface area contributed by atoms with Crippen LogP contribution in [-0.4, -0.2) is 65.0 Å². The summed E-state index contributed by atoms with van der Waals surface area (Å²) in [5.74, 6) is 0.139. The van der Waals surface area contributed by atoms with Crippen molar-refractivity contribution in [3.63, 3.8) is 0 Å². The van der Waals surface area contributed by atoms with E-state index in [0.717, 1.165) is 29.6 Å². The first-order valence-electron chi connectivity index (χ1n) is 13.0. The predicted octanol–water partition coefficient (Wildman–Crippen LogP) is 3.67. The molecule has 2 aliphatic heterocycles. The van der Waals surface area contributed by atoms with Gasteiger partial charge in [-0.25, -0.2) is 23.2 Å². The summed E-state index contributed by atoms with van der Waals surface area (Å²) in [6, 6.07) is 2.63. The molecule has 39 heavy (non-hydrogen) atoms. The number of alkyl carbamates (subject to hydrolysis) is 1. The largest absolute Gasteiger partial charge is 0.444 e. The first kappa shape index (κ1) is 27.1. The molecule has 3 atom stereocenters. The van der Waals surface area contributed by atoms with Crippen LogP contribution in [-0.2, 0) is 29.6 Å². The maximum atomic E-state index is 14.7. The maximum absolute atomic E-state index is 14.7. The number of aromatic nitrogens is 6. The summed E-state index contributed by atoms with van der Waals surface area (Å²) in [7, 11) is 1.78. The first-order valence-corrected chi connectivity index (χ1v) is 13.0. The molecule has 210 valence electrons. The number of rotatable bonds is 5. The zero-order chi connectivity index (χ0) is 28.1. The molecule has 0 aliphatic carbocycles. The topological polar surface area (TPSA) is 112 Å². The number of carbonyl (C=O) groups is 1. The predicted molar refractivity (Wildman–Crippen MR) is 136 cm³/mol. The molecular weight excluding hydrogens is 510 g/mol. The van der Waals surface area contributed by atoms with Gasteiger partial charge in [-0.05, 0) is 69.7 Å². The maximum Gasteiger partial charge on any atom is 0.407 e. The van der Waals surface area contributed by atoms with Crippen LogP contribution in [0.5, 0.6) is 0 Å². The Morgan fingerprint density at radius 2 is 1.97 bits per heavy atom. The van der Waals surface area contributed by atoms with E-state index in [0.29, 0.717) is 31.2 Å². The molecule has 1 amide bonds. The summed E-state index contributed by atoms with van der Waals surface area (Å²) in [4.78, 5) is 19.8. The molecule has 1 fully saturated rings. The van der Waals surface area contributed by atoms with E-state index in [-0.39, 0.29) is 24.3 Å². The van der Waals surface area contributed by atoms with Crippen molar-refractivity contribution >= 4 is 6.09 Å². The second-order valence-electron chi connectivity index (χ2n) is 11.4. The molecular formula is C26H34F2N8O3. The van der Waals surface area contributed by atoms with Crippen molar-refractivity contribution in [2.24, 2.45) is 7.05 Å². The van der Waals surface area contributed by atoms with E-state index in [9.17, 15) is 13.6 Å². The van der Waals surface area contributed by atoms with E-state index in [1.54, 1.807) is 32.5 Å². The summed E-state index contributed by atoms with van der Waals surface area (Å²) < 4.78 is 44.1. The monoisotopic (exact) mass is 544 g/mol. The van der Waals surface area contributed by atoms with Gasteiger partial charge in [0.25, 0.3) is 0 Å². The third-order valence-electron chi connectivity index (χ3n) is 6.98. The molecule has 4 heterocycles. The number of ether oxygens (including phenoxy) is 2. The van der Waals surface area contributed by atoms with Gasteiger partial charge in [-0.15, -0.1) is 5.10 Å². The van der Waals surface area contributed by atoms with Gasteiger partial charge in [-0.3, -0.25) is 4.90 Å². The molecule has 0 radical (unpaired) electrons. The molecule has 2 aromatic heterocycles. The SMILES string of the molecule is CC(C)n1c(-c2nnnn2C)nc2c1CN([C@H]1CO[C@H](c3cc(F)ccc3F)[C@@H](NC(=O)OC(C)(C)C)C1)C2. The lowest BCUT2D eigenvalue weighted by molar-refractivity contribution is -0.0630. The van der Waals surface area contributed by atoms with E-state index in [1.807, 2.05) is 0 Å². The summed E-state index contributed by atoms with van der Waals surface area (Å²) >= 11 is 0. The van der Waals surface area contributed by atoms with Crippen molar-refractivity contribution in [2.45, 2.75) is 84.0 Å². The highest BCUT2D eigenvalue weighted by molar-refractivity contribution is 5.68. The molecule has 0 saturated carbocycles. The number of amides is 1. The molecule has 0 spiro atoms. The van der Waals surface area contributed by atoms with Crippen LogP contribution in [0.3, 0.4) is 0 Å². The Balaban J connectivity index is 1.38. The number of tetrazole rings is 1. The lowest BCUT2D eigenvalue weighted by Gasteiger charge is -2.40. The van der Waals surface area contributed by atoms with Gasteiger partial charge in [0.1, 0.15) is 23.3 Å². The zero-order valence-corrected chi connectivity index (χ0v) is 23.0. The standard InChI is InChI=1S/C26H34F2N8O3/c1-14(2)36-21-12-35(11-20(21)29-23(36)24-31-32-33-34(24)6)16-10-19(30-25(37)39-26(3,4)5)22(38-13-16)17-9-15(27)7-8-18(17)28/h7-9,14,16,19,22H,10-13H2,1-6H3,(H,30,37)/t16-,19+,22-/m1/s1. The first-order chi connectivity index (χ1) is 18.4. The second kappa shape index (κ2) is 10.3. The van der Waals surface area contributed by atoms with Crippen LogP contribution in [0.1, 0.15) is 70.1 Å². The molecule has 0 unspecified atom stereocenters. The van der Waals surface area contributed by atoms with Gasteiger partial charge in [0.05, 0.1) is 24.0 Å². The molecule has 1 aromatic carbocycles. The van der Waals surface area contributed by atoms with Gasteiger partial charge < -0.3 is 19.4 Å². The minimum absolute atomic E-state index is 0.0639. The van der Waals surface area contributed by atoms with Crippen molar-refractivity contribution in [1.82, 2.24) is 40.0 Å². The molecule has 1 saturated heterocycles. The van der Waals surface area contributed by atoms with E-state index in [1.165, 1.54) is 0 Å². The fourth-order valence-electron chi connectivity index (χ4n) is 5.34. The molecule has 5 rings (SSSR count). The number of benzene rings is 1. The van der Waals surface area contributed by atoms with Gasteiger partial charge in [0.15, 0.2) is 5.82 Å². The van der Waals surface area contributed by atoms with Crippen LogP contribution in [0.15, 0.2) is 18.2 Å². The van der Waals surface area contributed by atoms with E-state index >= 15 is 0 Å². The summed E-state index contributed by atoms with van der Waals surface area (Å²) in [6.45, 7) is 10.9. The minimum atomic E-state index is -0.868. The fourth-order valence-corrected chi connectivity index (χ4v) is 5.34. The highest BCUT2D eigenvalue weighted by atomic mass is 19.1. The number of carbonyl (C=O) groups excluding carboxylic acids is 1. The lowest BCUT2D eigenvalue weighted by atomic mass is 9.92. The van der Waals surface area contributed by atoms with Crippen molar-refractivity contribution in [2.75, 3.05) is 6.61 Å². The Kier molecular flexibility index (Phi) is 7.14. The van der Waals surface area contributed by atoms with Crippen LogP contribution in [0.4, 0.5) is 13.6 Å². The third kappa shape index (κ3) is 5.50. The van der Waals surface area contributed by atoms with Crippen LogP contribution >= 0.6 is 0 Å². The number of nitrogens with one attached hydrogen (secondary N) is 1. The Morgan fingerprint density at radius 3 is 2.64 bits per heavy atom. The van der Waals surface area contributed by atoms with Crippen molar-refractivity contribution < 1.29 is 23.0 Å². The summed E-state index contributed by atoms with van der Waals surface area (Å²) in [5, 5.41) is 14.7. The Labute approximate surface area is 225 Å². The highest BCUT2D eigenvalue weighted by Crippen LogP contribution is 2.37. The summed E-state index contributed by atoms with van der Waals surface area (Å²) in [6.07, 6.45) is -1.06. The van der Waals surface area contributed by atoms with Crippen LogP contribution < -0.4 is 5.32 Å². The average molecular weight is 545 g/mol. The second-order valence-corrected chi connectivity index (χ2v) is 11.4. The van der Waals surface area contributed by atoms with Crippen LogP contribution in [0.2, 0.25) is 0 Å². The molecule has 11 nitrogen and oxygen atoms in total. The number of imidazole rings is 1. The lowest BCUT2D eigenvalue weighted by Crippen LogP contribution is -2.52. The minimum Gasteiger partial charge on any atom is -0.444 e. The van der Waals surface area contributed by atoms with E-state index in [4.69, 9.17) is 14.5 Å². The normalized spacial score (nSPS) is 21.8.